The lowest BCUT2D eigenvalue weighted by atomic mass is 9.98. The molecule has 2 aromatic carbocycles. The number of H-pyrrole nitrogens is 1. The summed E-state index contributed by atoms with van der Waals surface area (Å²) >= 11 is 0. The van der Waals surface area contributed by atoms with Gasteiger partial charge in [0.25, 0.3) is 0 Å². The largest absolute Gasteiger partial charge is 0.383 e. The Morgan fingerprint density at radius 3 is 2.62 bits per heavy atom. The van der Waals surface area contributed by atoms with Crippen LogP contribution >= 0.6 is 0 Å². The molecule has 1 atom stereocenters. The molecule has 2 heterocycles. The van der Waals surface area contributed by atoms with Gasteiger partial charge < -0.3 is 9.17 Å². The highest BCUT2D eigenvalue weighted by atomic mass is 32.2. The van der Waals surface area contributed by atoms with Crippen LogP contribution in [0.1, 0.15) is 17.2 Å². The predicted molar refractivity (Wildman–Crippen MR) is 79.3 cm³/mol. The molecule has 0 bridgehead atoms. The SMILES string of the molecule is O=S1(=O)NC(c2c[nH]c3ccccc23)c2ccccc2O1. The number of aromatic amines is 1. The highest BCUT2D eigenvalue weighted by Crippen LogP contribution is 2.37. The molecule has 0 saturated carbocycles. The van der Waals surface area contributed by atoms with Gasteiger partial charge in [-0.25, -0.2) is 0 Å². The molecule has 0 radical (unpaired) electrons. The monoisotopic (exact) mass is 300 g/mol. The summed E-state index contributed by atoms with van der Waals surface area (Å²) in [5.74, 6) is 0.367. The van der Waals surface area contributed by atoms with E-state index in [1.807, 2.05) is 42.6 Å². The molecule has 0 aliphatic carbocycles. The van der Waals surface area contributed by atoms with Crippen LogP contribution in [0.5, 0.6) is 5.75 Å². The van der Waals surface area contributed by atoms with E-state index in [-0.39, 0.29) is 0 Å². The molecule has 1 aliphatic heterocycles. The Morgan fingerprint density at radius 2 is 1.71 bits per heavy atom. The van der Waals surface area contributed by atoms with Crippen molar-refractivity contribution in [2.24, 2.45) is 0 Å². The summed E-state index contributed by atoms with van der Waals surface area (Å²) in [6.45, 7) is 0. The van der Waals surface area contributed by atoms with E-state index in [9.17, 15) is 8.42 Å². The Bertz CT molecular complexity index is 931. The van der Waals surface area contributed by atoms with E-state index < -0.39 is 16.3 Å². The highest BCUT2D eigenvalue weighted by Gasteiger charge is 2.32. The van der Waals surface area contributed by atoms with Gasteiger partial charge in [0, 0.05) is 28.2 Å². The minimum absolute atomic E-state index is 0.367. The molecule has 6 heteroatoms. The summed E-state index contributed by atoms with van der Waals surface area (Å²) in [7, 11) is -3.80. The fourth-order valence-electron chi connectivity index (χ4n) is 2.71. The topological polar surface area (TPSA) is 71.2 Å². The Kier molecular flexibility index (Phi) is 2.57. The smallest absolute Gasteiger partial charge is 0.371 e. The molecular formula is C15H12N2O3S. The van der Waals surface area contributed by atoms with E-state index >= 15 is 0 Å². The predicted octanol–water partition coefficient (Wildman–Crippen LogP) is 2.48. The Labute approximate surface area is 121 Å². The molecule has 0 saturated heterocycles. The number of fused-ring (bicyclic) bond motifs is 2. The van der Waals surface area contributed by atoms with Gasteiger partial charge in [0.15, 0.2) is 0 Å². The van der Waals surface area contributed by atoms with Gasteiger partial charge in [0.2, 0.25) is 0 Å². The van der Waals surface area contributed by atoms with Crippen LogP contribution in [0.2, 0.25) is 0 Å². The molecule has 106 valence electrons. The maximum absolute atomic E-state index is 11.9. The number of nitrogens with one attached hydrogen (secondary N) is 2. The maximum Gasteiger partial charge on any atom is 0.383 e. The van der Waals surface area contributed by atoms with Crippen molar-refractivity contribution in [2.75, 3.05) is 0 Å². The van der Waals surface area contributed by atoms with Gasteiger partial charge in [-0.05, 0) is 12.1 Å². The highest BCUT2D eigenvalue weighted by molar-refractivity contribution is 7.85. The van der Waals surface area contributed by atoms with Crippen molar-refractivity contribution in [1.82, 2.24) is 9.71 Å². The number of aromatic nitrogens is 1. The van der Waals surface area contributed by atoms with Crippen molar-refractivity contribution >= 4 is 21.2 Å². The van der Waals surface area contributed by atoms with E-state index in [0.29, 0.717) is 5.75 Å². The zero-order valence-corrected chi connectivity index (χ0v) is 11.7. The Hall–Kier alpha value is -2.31. The lowest BCUT2D eigenvalue weighted by Crippen LogP contribution is -2.37. The molecule has 2 N–H and O–H groups in total. The fourth-order valence-corrected chi connectivity index (χ4v) is 3.69. The zero-order chi connectivity index (χ0) is 14.4. The van der Waals surface area contributed by atoms with Gasteiger partial charge in [-0.2, -0.15) is 13.1 Å². The molecular weight excluding hydrogens is 288 g/mol. The number of rotatable bonds is 1. The third-order valence-electron chi connectivity index (χ3n) is 3.62. The summed E-state index contributed by atoms with van der Waals surface area (Å²) < 4.78 is 31.4. The quantitative estimate of drug-likeness (QED) is 0.725. The number of para-hydroxylation sites is 2. The van der Waals surface area contributed by atoms with Crippen LogP contribution in [-0.4, -0.2) is 13.4 Å². The van der Waals surface area contributed by atoms with E-state index in [2.05, 4.69) is 9.71 Å². The van der Waals surface area contributed by atoms with Crippen molar-refractivity contribution in [3.63, 3.8) is 0 Å². The van der Waals surface area contributed by atoms with Crippen molar-refractivity contribution in [2.45, 2.75) is 6.04 Å². The van der Waals surface area contributed by atoms with Gasteiger partial charge >= 0.3 is 10.3 Å². The maximum atomic E-state index is 11.9. The summed E-state index contributed by atoms with van der Waals surface area (Å²) in [6, 6.07) is 14.5. The minimum Gasteiger partial charge on any atom is -0.371 e. The second-order valence-corrected chi connectivity index (χ2v) is 6.23. The van der Waals surface area contributed by atoms with Crippen LogP contribution in [0, 0.1) is 0 Å². The fraction of sp³-hybridized carbons (Fsp3) is 0.0667. The number of hydrogen-bond donors (Lipinski definition) is 2. The van der Waals surface area contributed by atoms with E-state index in [1.54, 1.807) is 12.1 Å². The van der Waals surface area contributed by atoms with Crippen LogP contribution in [0.4, 0.5) is 0 Å². The lowest BCUT2D eigenvalue weighted by molar-refractivity contribution is 0.442. The minimum atomic E-state index is -3.80. The molecule has 0 spiro atoms. The summed E-state index contributed by atoms with van der Waals surface area (Å²) in [6.07, 6.45) is 1.83. The lowest BCUT2D eigenvalue weighted by Gasteiger charge is -2.26. The summed E-state index contributed by atoms with van der Waals surface area (Å²) in [4.78, 5) is 3.17. The number of hydrogen-bond acceptors (Lipinski definition) is 3. The van der Waals surface area contributed by atoms with Crippen molar-refractivity contribution in [3.8, 4) is 5.75 Å². The molecule has 5 nitrogen and oxygen atoms in total. The summed E-state index contributed by atoms with van der Waals surface area (Å²) in [5.41, 5.74) is 2.65. The zero-order valence-electron chi connectivity index (χ0n) is 10.9. The van der Waals surface area contributed by atoms with Crippen molar-refractivity contribution in [1.29, 1.82) is 0 Å². The number of benzene rings is 2. The molecule has 1 unspecified atom stereocenters. The van der Waals surface area contributed by atoms with Crippen molar-refractivity contribution in [3.05, 3.63) is 65.9 Å². The first-order chi connectivity index (χ1) is 10.1. The van der Waals surface area contributed by atoms with Crippen molar-refractivity contribution < 1.29 is 12.6 Å². The molecule has 3 aromatic rings. The second-order valence-electron chi connectivity index (χ2n) is 4.92. The normalized spacial score (nSPS) is 19.9. The Balaban J connectivity index is 1.96. The van der Waals surface area contributed by atoms with E-state index in [0.717, 1.165) is 22.0 Å². The van der Waals surface area contributed by atoms with E-state index in [4.69, 9.17) is 4.18 Å². The van der Waals surface area contributed by atoms with Gasteiger partial charge in [0.05, 0.1) is 6.04 Å². The van der Waals surface area contributed by atoms with Gasteiger partial charge in [0.1, 0.15) is 5.75 Å². The molecule has 21 heavy (non-hydrogen) atoms. The van der Waals surface area contributed by atoms with Crippen LogP contribution in [0.25, 0.3) is 10.9 Å². The van der Waals surface area contributed by atoms with Gasteiger partial charge in [-0.15, -0.1) is 0 Å². The molecule has 1 aliphatic rings. The molecule has 4 rings (SSSR count). The first-order valence-corrected chi connectivity index (χ1v) is 7.91. The molecule has 0 amide bonds. The van der Waals surface area contributed by atoms with Crippen LogP contribution < -0.4 is 8.91 Å². The molecule has 1 aromatic heterocycles. The average molecular weight is 300 g/mol. The van der Waals surface area contributed by atoms with Crippen LogP contribution in [-0.2, 0) is 10.3 Å². The van der Waals surface area contributed by atoms with E-state index in [1.165, 1.54) is 0 Å². The molecule has 0 fully saturated rings. The van der Waals surface area contributed by atoms with Gasteiger partial charge in [-0.1, -0.05) is 36.4 Å². The second kappa shape index (κ2) is 4.34. The Morgan fingerprint density at radius 1 is 0.952 bits per heavy atom. The standard InChI is InChI=1S/C15H12N2O3S/c18-21(19)17-15(11-6-2-4-8-14(11)20-21)12-9-16-13-7-3-1-5-10(12)13/h1-9,15-17H. The van der Waals surface area contributed by atoms with Gasteiger partial charge in [-0.3, -0.25) is 0 Å². The van der Waals surface area contributed by atoms with Crippen LogP contribution in [0.15, 0.2) is 54.7 Å². The average Bonchev–Trinajstić information content (AvgIpc) is 2.89. The third-order valence-corrected chi connectivity index (χ3v) is 4.55. The first kappa shape index (κ1) is 12.4. The summed E-state index contributed by atoms with van der Waals surface area (Å²) in [5, 5.41) is 0.988. The van der Waals surface area contributed by atoms with Crippen LogP contribution in [0.3, 0.4) is 0 Å². The first-order valence-electron chi connectivity index (χ1n) is 6.51. The third kappa shape index (κ3) is 2.00.